The first-order valence-corrected chi connectivity index (χ1v) is 6.72. The molecule has 0 atom stereocenters. The SMILES string of the molecule is CCc1nc(COCc2ccccc2)[nH]c1I. The average molecular weight is 342 g/mol. The third-order valence-electron chi connectivity index (χ3n) is 2.46. The Kier molecular flexibility index (Phi) is 4.56. The lowest BCUT2D eigenvalue weighted by Crippen LogP contribution is -1.96. The monoisotopic (exact) mass is 342 g/mol. The summed E-state index contributed by atoms with van der Waals surface area (Å²) in [7, 11) is 0. The van der Waals surface area contributed by atoms with Gasteiger partial charge in [-0.05, 0) is 34.6 Å². The maximum Gasteiger partial charge on any atom is 0.133 e. The zero-order chi connectivity index (χ0) is 12.1. The molecule has 1 aromatic heterocycles. The molecule has 1 N–H and O–H groups in total. The molecular weight excluding hydrogens is 327 g/mol. The zero-order valence-electron chi connectivity index (χ0n) is 9.74. The molecule has 0 saturated carbocycles. The van der Waals surface area contributed by atoms with Crippen molar-refractivity contribution in [2.45, 2.75) is 26.6 Å². The summed E-state index contributed by atoms with van der Waals surface area (Å²) < 4.78 is 6.74. The van der Waals surface area contributed by atoms with E-state index in [9.17, 15) is 0 Å². The van der Waals surface area contributed by atoms with Crippen LogP contribution in [0.2, 0.25) is 0 Å². The van der Waals surface area contributed by atoms with Crippen molar-refractivity contribution in [2.75, 3.05) is 0 Å². The third-order valence-corrected chi connectivity index (χ3v) is 3.35. The van der Waals surface area contributed by atoms with E-state index in [4.69, 9.17) is 4.74 Å². The smallest absolute Gasteiger partial charge is 0.133 e. The van der Waals surface area contributed by atoms with Crippen molar-refractivity contribution in [3.05, 3.63) is 51.1 Å². The van der Waals surface area contributed by atoms with Crippen molar-refractivity contribution >= 4 is 22.6 Å². The molecular formula is C13H15IN2O. The van der Waals surface area contributed by atoms with Gasteiger partial charge in [0.2, 0.25) is 0 Å². The predicted molar refractivity (Wildman–Crippen MR) is 75.6 cm³/mol. The number of benzene rings is 1. The van der Waals surface area contributed by atoms with Gasteiger partial charge in [0.05, 0.1) is 12.3 Å². The standard InChI is InChI=1S/C13H15IN2O/c1-2-11-13(14)16-12(15-11)9-17-8-10-6-4-3-5-7-10/h3-7H,2,8-9H2,1H3,(H,15,16). The van der Waals surface area contributed by atoms with E-state index < -0.39 is 0 Å². The second-order valence-corrected chi connectivity index (χ2v) is 4.85. The highest BCUT2D eigenvalue weighted by Crippen LogP contribution is 2.11. The summed E-state index contributed by atoms with van der Waals surface area (Å²) in [6, 6.07) is 10.2. The Morgan fingerprint density at radius 2 is 2.00 bits per heavy atom. The van der Waals surface area contributed by atoms with Gasteiger partial charge in [-0.25, -0.2) is 4.98 Å². The lowest BCUT2D eigenvalue weighted by atomic mass is 10.2. The van der Waals surface area contributed by atoms with E-state index in [-0.39, 0.29) is 0 Å². The molecule has 0 fully saturated rings. The van der Waals surface area contributed by atoms with Crippen LogP contribution in [0, 0.1) is 3.70 Å². The Balaban J connectivity index is 1.86. The minimum Gasteiger partial charge on any atom is -0.369 e. The van der Waals surface area contributed by atoms with Gasteiger partial charge >= 0.3 is 0 Å². The molecule has 0 unspecified atom stereocenters. The van der Waals surface area contributed by atoms with Gasteiger partial charge in [-0.2, -0.15) is 0 Å². The summed E-state index contributed by atoms with van der Waals surface area (Å²) in [5, 5.41) is 0. The van der Waals surface area contributed by atoms with E-state index in [0.717, 1.165) is 21.6 Å². The highest BCUT2D eigenvalue weighted by molar-refractivity contribution is 14.1. The molecule has 2 aromatic rings. The normalized spacial score (nSPS) is 10.7. The van der Waals surface area contributed by atoms with Crippen LogP contribution >= 0.6 is 22.6 Å². The number of aryl methyl sites for hydroxylation is 1. The minimum absolute atomic E-state index is 0.533. The Bertz CT molecular complexity index is 468. The van der Waals surface area contributed by atoms with Gasteiger partial charge in [0, 0.05) is 0 Å². The fourth-order valence-corrected chi connectivity index (χ4v) is 2.39. The number of aromatic amines is 1. The molecule has 90 valence electrons. The van der Waals surface area contributed by atoms with Gasteiger partial charge in [0.1, 0.15) is 16.1 Å². The molecule has 1 aromatic carbocycles. The molecule has 1 heterocycles. The Hall–Kier alpha value is -0.880. The van der Waals surface area contributed by atoms with Crippen molar-refractivity contribution < 1.29 is 4.74 Å². The molecule has 0 amide bonds. The number of halogens is 1. The molecule has 0 radical (unpaired) electrons. The molecule has 2 rings (SSSR count). The topological polar surface area (TPSA) is 37.9 Å². The van der Waals surface area contributed by atoms with E-state index in [2.05, 4.69) is 51.6 Å². The molecule has 3 nitrogen and oxygen atoms in total. The third kappa shape index (κ3) is 3.54. The summed E-state index contributed by atoms with van der Waals surface area (Å²) in [6.45, 7) is 3.26. The summed E-state index contributed by atoms with van der Waals surface area (Å²) in [4.78, 5) is 7.70. The highest BCUT2D eigenvalue weighted by Gasteiger charge is 2.05. The molecule has 17 heavy (non-hydrogen) atoms. The molecule has 0 bridgehead atoms. The largest absolute Gasteiger partial charge is 0.369 e. The molecule has 0 saturated heterocycles. The number of aromatic nitrogens is 2. The first-order valence-electron chi connectivity index (χ1n) is 5.64. The van der Waals surface area contributed by atoms with Crippen molar-refractivity contribution in [3.63, 3.8) is 0 Å². The van der Waals surface area contributed by atoms with Crippen LogP contribution in [0.5, 0.6) is 0 Å². The first kappa shape index (κ1) is 12.6. The second kappa shape index (κ2) is 6.16. The maximum atomic E-state index is 5.62. The summed E-state index contributed by atoms with van der Waals surface area (Å²) >= 11 is 2.27. The summed E-state index contributed by atoms with van der Waals surface area (Å²) in [5.74, 6) is 0.905. The van der Waals surface area contributed by atoms with Gasteiger partial charge in [-0.3, -0.25) is 0 Å². The Morgan fingerprint density at radius 3 is 2.65 bits per heavy atom. The van der Waals surface area contributed by atoms with E-state index in [0.29, 0.717) is 13.2 Å². The van der Waals surface area contributed by atoms with Crippen molar-refractivity contribution in [1.82, 2.24) is 9.97 Å². The van der Waals surface area contributed by atoms with Crippen LogP contribution in [0.4, 0.5) is 0 Å². The number of hydrogen-bond donors (Lipinski definition) is 1. The van der Waals surface area contributed by atoms with Crippen LogP contribution in [0.15, 0.2) is 30.3 Å². The van der Waals surface area contributed by atoms with Gasteiger partial charge in [-0.15, -0.1) is 0 Å². The number of H-pyrrole nitrogens is 1. The quantitative estimate of drug-likeness (QED) is 0.847. The number of imidazole rings is 1. The molecule has 0 spiro atoms. The van der Waals surface area contributed by atoms with Gasteiger partial charge in [-0.1, -0.05) is 37.3 Å². The molecule has 4 heteroatoms. The fraction of sp³-hybridized carbons (Fsp3) is 0.308. The number of ether oxygens (including phenoxy) is 1. The molecule has 0 aliphatic heterocycles. The van der Waals surface area contributed by atoms with Crippen molar-refractivity contribution in [1.29, 1.82) is 0 Å². The van der Waals surface area contributed by atoms with Crippen LogP contribution in [0.25, 0.3) is 0 Å². The average Bonchev–Trinajstić information content (AvgIpc) is 2.71. The molecule has 0 aliphatic rings. The Morgan fingerprint density at radius 1 is 1.24 bits per heavy atom. The van der Waals surface area contributed by atoms with Crippen LogP contribution in [-0.4, -0.2) is 9.97 Å². The van der Waals surface area contributed by atoms with Crippen LogP contribution < -0.4 is 0 Å². The maximum absolute atomic E-state index is 5.62. The number of nitrogens with zero attached hydrogens (tertiary/aromatic N) is 1. The van der Waals surface area contributed by atoms with Gasteiger partial charge in [0.15, 0.2) is 0 Å². The lowest BCUT2D eigenvalue weighted by molar-refractivity contribution is 0.102. The zero-order valence-corrected chi connectivity index (χ0v) is 11.9. The number of nitrogens with one attached hydrogen (secondary N) is 1. The Labute approximate surface area is 115 Å². The second-order valence-electron chi connectivity index (χ2n) is 3.78. The van der Waals surface area contributed by atoms with Crippen LogP contribution in [-0.2, 0) is 24.4 Å². The van der Waals surface area contributed by atoms with Crippen molar-refractivity contribution in [2.24, 2.45) is 0 Å². The fourth-order valence-electron chi connectivity index (χ4n) is 1.58. The summed E-state index contributed by atoms with van der Waals surface area (Å²) in [5.41, 5.74) is 2.30. The van der Waals surface area contributed by atoms with E-state index >= 15 is 0 Å². The summed E-state index contributed by atoms with van der Waals surface area (Å²) in [6.07, 6.45) is 0.952. The van der Waals surface area contributed by atoms with Crippen LogP contribution in [0.3, 0.4) is 0 Å². The number of hydrogen-bond acceptors (Lipinski definition) is 2. The number of rotatable bonds is 5. The first-order chi connectivity index (χ1) is 8.29. The van der Waals surface area contributed by atoms with E-state index in [1.165, 1.54) is 5.56 Å². The molecule has 0 aliphatic carbocycles. The lowest BCUT2D eigenvalue weighted by Gasteiger charge is -2.01. The van der Waals surface area contributed by atoms with Gasteiger partial charge in [0.25, 0.3) is 0 Å². The van der Waals surface area contributed by atoms with Crippen molar-refractivity contribution in [3.8, 4) is 0 Å². The minimum atomic E-state index is 0.533. The van der Waals surface area contributed by atoms with E-state index in [1.54, 1.807) is 0 Å². The van der Waals surface area contributed by atoms with E-state index in [1.807, 2.05) is 18.2 Å². The highest BCUT2D eigenvalue weighted by atomic mass is 127. The predicted octanol–water partition coefficient (Wildman–Crippen LogP) is 3.29. The van der Waals surface area contributed by atoms with Gasteiger partial charge < -0.3 is 9.72 Å². The van der Waals surface area contributed by atoms with Crippen LogP contribution in [0.1, 0.15) is 24.0 Å².